The predicted molar refractivity (Wildman–Crippen MR) is 42.8 cm³/mol. The van der Waals surface area contributed by atoms with Gasteiger partial charge in [-0.3, -0.25) is 0 Å². The minimum absolute atomic E-state index is 0.0166. The lowest BCUT2D eigenvalue weighted by molar-refractivity contribution is 0.0465. The second kappa shape index (κ2) is 3.13. The van der Waals surface area contributed by atoms with Gasteiger partial charge in [-0.1, -0.05) is 12.1 Å². The van der Waals surface area contributed by atoms with Gasteiger partial charge in [0.15, 0.2) is 0 Å². The SMILES string of the molecule is Oc1cccc(C2COCO2)c1. The van der Waals surface area contributed by atoms with Gasteiger partial charge in [0.1, 0.15) is 18.6 Å². The molecule has 1 atom stereocenters. The molecular formula is C9H10O3. The normalized spacial score (nSPS) is 22.8. The molecule has 0 amide bonds. The Kier molecular flexibility index (Phi) is 1.98. The van der Waals surface area contributed by atoms with Gasteiger partial charge in [-0.15, -0.1) is 0 Å². The van der Waals surface area contributed by atoms with Crippen LogP contribution in [0.2, 0.25) is 0 Å². The van der Waals surface area contributed by atoms with Crippen LogP contribution in [0.15, 0.2) is 24.3 Å². The molecular weight excluding hydrogens is 156 g/mol. The molecule has 1 fully saturated rings. The number of benzene rings is 1. The van der Waals surface area contributed by atoms with Gasteiger partial charge in [0.05, 0.1) is 6.61 Å². The Morgan fingerprint density at radius 2 is 2.33 bits per heavy atom. The largest absolute Gasteiger partial charge is 0.508 e. The van der Waals surface area contributed by atoms with Crippen molar-refractivity contribution in [2.45, 2.75) is 6.10 Å². The second-order valence-electron chi connectivity index (χ2n) is 2.74. The maximum Gasteiger partial charge on any atom is 0.147 e. The predicted octanol–water partition coefficient (Wildman–Crippen LogP) is 1.44. The number of hydrogen-bond donors (Lipinski definition) is 1. The first kappa shape index (κ1) is 7.58. The minimum atomic E-state index is -0.0166. The molecule has 3 nitrogen and oxygen atoms in total. The van der Waals surface area contributed by atoms with E-state index in [0.29, 0.717) is 13.4 Å². The number of hydrogen-bond acceptors (Lipinski definition) is 3. The van der Waals surface area contributed by atoms with Gasteiger partial charge in [-0.2, -0.15) is 0 Å². The molecule has 12 heavy (non-hydrogen) atoms. The van der Waals surface area contributed by atoms with Gasteiger partial charge in [0.2, 0.25) is 0 Å². The molecule has 1 aromatic carbocycles. The van der Waals surface area contributed by atoms with E-state index < -0.39 is 0 Å². The Labute approximate surface area is 70.5 Å². The molecule has 0 saturated carbocycles. The zero-order chi connectivity index (χ0) is 8.39. The van der Waals surface area contributed by atoms with E-state index in [0.717, 1.165) is 5.56 Å². The molecule has 0 aliphatic carbocycles. The van der Waals surface area contributed by atoms with Crippen molar-refractivity contribution in [2.24, 2.45) is 0 Å². The lowest BCUT2D eigenvalue weighted by Crippen LogP contribution is -1.98. The molecule has 0 aromatic heterocycles. The third-order valence-corrected chi connectivity index (χ3v) is 1.86. The van der Waals surface area contributed by atoms with Crippen molar-refractivity contribution in [2.75, 3.05) is 13.4 Å². The summed E-state index contributed by atoms with van der Waals surface area (Å²) in [5, 5.41) is 9.18. The number of rotatable bonds is 1. The minimum Gasteiger partial charge on any atom is -0.508 e. The summed E-state index contributed by atoms with van der Waals surface area (Å²) in [4.78, 5) is 0. The third-order valence-electron chi connectivity index (χ3n) is 1.86. The summed E-state index contributed by atoms with van der Waals surface area (Å²) in [6, 6.07) is 7.05. The molecule has 1 unspecified atom stereocenters. The fraction of sp³-hybridized carbons (Fsp3) is 0.333. The molecule has 1 aliphatic rings. The Morgan fingerprint density at radius 3 is 3.00 bits per heavy atom. The van der Waals surface area contributed by atoms with Crippen LogP contribution in [0, 0.1) is 0 Å². The van der Waals surface area contributed by atoms with Crippen molar-refractivity contribution < 1.29 is 14.6 Å². The first-order chi connectivity index (χ1) is 5.86. The van der Waals surface area contributed by atoms with Crippen LogP contribution >= 0.6 is 0 Å². The van der Waals surface area contributed by atoms with Crippen molar-refractivity contribution >= 4 is 0 Å². The summed E-state index contributed by atoms with van der Waals surface area (Å²) in [5.74, 6) is 0.267. The van der Waals surface area contributed by atoms with Gasteiger partial charge in [0, 0.05) is 0 Å². The van der Waals surface area contributed by atoms with Crippen LogP contribution in [0.4, 0.5) is 0 Å². The maximum atomic E-state index is 9.18. The van der Waals surface area contributed by atoms with E-state index in [4.69, 9.17) is 9.47 Å². The summed E-state index contributed by atoms with van der Waals surface area (Å²) in [5.41, 5.74) is 0.965. The molecule has 0 bridgehead atoms. The van der Waals surface area contributed by atoms with E-state index in [9.17, 15) is 5.11 Å². The van der Waals surface area contributed by atoms with Gasteiger partial charge in [0.25, 0.3) is 0 Å². The van der Waals surface area contributed by atoms with E-state index >= 15 is 0 Å². The summed E-state index contributed by atoms with van der Waals surface area (Å²) in [7, 11) is 0. The van der Waals surface area contributed by atoms with E-state index in [2.05, 4.69) is 0 Å². The molecule has 1 N–H and O–H groups in total. The van der Waals surface area contributed by atoms with Crippen molar-refractivity contribution in [3.8, 4) is 5.75 Å². The lowest BCUT2D eigenvalue weighted by atomic mass is 10.1. The number of ether oxygens (including phenoxy) is 2. The van der Waals surface area contributed by atoms with Crippen molar-refractivity contribution in [3.05, 3.63) is 29.8 Å². The van der Waals surface area contributed by atoms with E-state index in [-0.39, 0.29) is 11.9 Å². The number of phenolic OH excluding ortho intramolecular Hbond substituents is 1. The molecule has 0 spiro atoms. The van der Waals surface area contributed by atoms with Crippen molar-refractivity contribution in [1.82, 2.24) is 0 Å². The van der Waals surface area contributed by atoms with Crippen LogP contribution in [0.5, 0.6) is 5.75 Å². The third kappa shape index (κ3) is 1.42. The highest BCUT2D eigenvalue weighted by molar-refractivity contribution is 5.28. The highest BCUT2D eigenvalue weighted by atomic mass is 16.7. The Bertz CT molecular complexity index is 266. The van der Waals surface area contributed by atoms with Crippen LogP contribution in [0.25, 0.3) is 0 Å². The summed E-state index contributed by atoms with van der Waals surface area (Å²) in [6.07, 6.45) is -0.0166. The zero-order valence-corrected chi connectivity index (χ0v) is 6.56. The average Bonchev–Trinajstić information content (AvgIpc) is 2.56. The molecule has 64 valence electrons. The van der Waals surface area contributed by atoms with Gasteiger partial charge < -0.3 is 14.6 Å². The molecule has 1 heterocycles. The molecule has 2 rings (SSSR count). The zero-order valence-electron chi connectivity index (χ0n) is 6.56. The van der Waals surface area contributed by atoms with Crippen LogP contribution in [-0.4, -0.2) is 18.5 Å². The fourth-order valence-corrected chi connectivity index (χ4v) is 1.25. The van der Waals surface area contributed by atoms with Gasteiger partial charge >= 0.3 is 0 Å². The average molecular weight is 166 g/mol. The van der Waals surface area contributed by atoms with Crippen LogP contribution in [0.3, 0.4) is 0 Å². The monoisotopic (exact) mass is 166 g/mol. The molecule has 1 aliphatic heterocycles. The van der Waals surface area contributed by atoms with Gasteiger partial charge in [-0.25, -0.2) is 0 Å². The highest BCUT2D eigenvalue weighted by Gasteiger charge is 2.17. The summed E-state index contributed by atoms with van der Waals surface area (Å²) >= 11 is 0. The van der Waals surface area contributed by atoms with Gasteiger partial charge in [-0.05, 0) is 17.7 Å². The fourth-order valence-electron chi connectivity index (χ4n) is 1.25. The first-order valence-electron chi connectivity index (χ1n) is 3.84. The first-order valence-corrected chi connectivity index (χ1v) is 3.84. The Hall–Kier alpha value is -1.06. The molecule has 1 saturated heterocycles. The standard InChI is InChI=1S/C9H10O3/c10-8-3-1-2-7(4-8)9-5-11-6-12-9/h1-4,9-10H,5-6H2. The maximum absolute atomic E-state index is 9.18. The summed E-state index contributed by atoms with van der Waals surface area (Å²) < 4.78 is 10.3. The van der Waals surface area contributed by atoms with E-state index in [1.165, 1.54) is 0 Å². The summed E-state index contributed by atoms with van der Waals surface area (Å²) in [6.45, 7) is 0.920. The second-order valence-corrected chi connectivity index (χ2v) is 2.74. The van der Waals surface area contributed by atoms with Crippen LogP contribution in [-0.2, 0) is 9.47 Å². The lowest BCUT2D eigenvalue weighted by Gasteiger charge is -2.06. The molecule has 1 aromatic rings. The Morgan fingerprint density at radius 1 is 1.42 bits per heavy atom. The number of aromatic hydroxyl groups is 1. The van der Waals surface area contributed by atoms with E-state index in [1.54, 1.807) is 18.2 Å². The molecule has 3 heteroatoms. The topological polar surface area (TPSA) is 38.7 Å². The quantitative estimate of drug-likeness (QED) is 0.686. The molecule has 0 radical (unpaired) electrons. The van der Waals surface area contributed by atoms with Crippen LogP contribution in [0.1, 0.15) is 11.7 Å². The smallest absolute Gasteiger partial charge is 0.147 e. The van der Waals surface area contributed by atoms with Crippen molar-refractivity contribution in [3.63, 3.8) is 0 Å². The van der Waals surface area contributed by atoms with E-state index in [1.807, 2.05) is 6.07 Å². The highest BCUT2D eigenvalue weighted by Crippen LogP contribution is 2.24. The Balaban J connectivity index is 2.21. The van der Waals surface area contributed by atoms with Crippen molar-refractivity contribution in [1.29, 1.82) is 0 Å². The van der Waals surface area contributed by atoms with Crippen LogP contribution < -0.4 is 0 Å². The number of phenols is 1.